The largest absolute Gasteiger partial charge is 0.505 e. The maximum atomic E-state index is 9.28. The van der Waals surface area contributed by atoms with Crippen molar-refractivity contribution in [3.05, 3.63) is 27.7 Å². The third kappa shape index (κ3) is 3.54. The van der Waals surface area contributed by atoms with Crippen molar-refractivity contribution < 1.29 is 5.11 Å². The molecular formula is C8H7Cl2N3OS. The lowest BCUT2D eigenvalue weighted by atomic mass is 10.2. The first kappa shape index (κ1) is 12.0. The van der Waals surface area contributed by atoms with Gasteiger partial charge in [-0.2, -0.15) is 5.10 Å². The van der Waals surface area contributed by atoms with Crippen molar-refractivity contribution in [2.24, 2.45) is 10.8 Å². The van der Waals surface area contributed by atoms with Gasteiger partial charge >= 0.3 is 0 Å². The molecule has 0 aliphatic heterocycles. The first-order valence-electron chi connectivity index (χ1n) is 3.77. The van der Waals surface area contributed by atoms with Crippen LogP contribution in [0.5, 0.6) is 5.75 Å². The number of phenolic OH excluding ortho intramolecular Hbond substituents is 1. The number of nitrogens with two attached hydrogens (primary N) is 1. The summed E-state index contributed by atoms with van der Waals surface area (Å²) < 4.78 is 0. The van der Waals surface area contributed by atoms with Crippen LogP contribution in [0.2, 0.25) is 10.0 Å². The zero-order valence-corrected chi connectivity index (χ0v) is 9.70. The summed E-state index contributed by atoms with van der Waals surface area (Å²) in [6.45, 7) is 0. The summed E-state index contributed by atoms with van der Waals surface area (Å²) in [5.41, 5.74) is 8.15. The highest BCUT2D eigenvalue weighted by Crippen LogP contribution is 2.32. The first-order chi connectivity index (χ1) is 7.00. The molecule has 1 aromatic rings. The normalized spacial score (nSPS) is 10.5. The second-order valence-corrected chi connectivity index (χ2v) is 3.82. The van der Waals surface area contributed by atoms with Gasteiger partial charge in [-0.3, -0.25) is 5.43 Å². The fraction of sp³-hybridized carbons (Fsp3) is 0. The monoisotopic (exact) mass is 263 g/mol. The summed E-state index contributed by atoms with van der Waals surface area (Å²) in [6, 6.07) is 3.01. The number of nitrogens with zero attached hydrogens (tertiary/aromatic N) is 1. The van der Waals surface area contributed by atoms with Crippen LogP contribution in [0.15, 0.2) is 17.2 Å². The van der Waals surface area contributed by atoms with Gasteiger partial charge in [0.2, 0.25) is 0 Å². The van der Waals surface area contributed by atoms with Gasteiger partial charge < -0.3 is 10.8 Å². The van der Waals surface area contributed by atoms with Crippen molar-refractivity contribution >= 4 is 46.7 Å². The van der Waals surface area contributed by atoms with Crippen LogP contribution in [0.3, 0.4) is 0 Å². The molecule has 0 unspecified atom stereocenters. The molecule has 0 aliphatic rings. The summed E-state index contributed by atoms with van der Waals surface area (Å²) >= 11 is 15.9. The molecule has 7 heteroatoms. The van der Waals surface area contributed by atoms with Crippen molar-refractivity contribution in [3.8, 4) is 5.75 Å². The van der Waals surface area contributed by atoms with Crippen molar-refractivity contribution in [3.63, 3.8) is 0 Å². The minimum atomic E-state index is -0.155. The standard InChI is InChI=1S/C8H7Cl2N3OS/c9-5-1-4(2-6(10)7(5)14)3-12-13-8(11)15/h1-3,14H,(H3,11,13,15)/b12-3+. The zero-order chi connectivity index (χ0) is 11.4. The quantitative estimate of drug-likeness (QED) is 0.433. The smallest absolute Gasteiger partial charge is 0.184 e. The van der Waals surface area contributed by atoms with E-state index in [-0.39, 0.29) is 20.9 Å². The van der Waals surface area contributed by atoms with Crippen LogP contribution in [0.4, 0.5) is 0 Å². The van der Waals surface area contributed by atoms with E-state index in [9.17, 15) is 5.11 Å². The second kappa shape index (κ2) is 5.16. The highest BCUT2D eigenvalue weighted by Gasteiger charge is 2.04. The van der Waals surface area contributed by atoms with E-state index in [2.05, 4.69) is 22.7 Å². The number of phenols is 1. The molecule has 4 nitrogen and oxygen atoms in total. The fourth-order valence-electron chi connectivity index (χ4n) is 0.830. The third-order valence-corrected chi connectivity index (χ3v) is 2.10. The van der Waals surface area contributed by atoms with Crippen LogP contribution in [0.25, 0.3) is 0 Å². The average molecular weight is 264 g/mol. The van der Waals surface area contributed by atoms with E-state index < -0.39 is 0 Å². The van der Waals surface area contributed by atoms with Crippen LogP contribution < -0.4 is 11.2 Å². The lowest BCUT2D eigenvalue weighted by Gasteiger charge is -2.01. The van der Waals surface area contributed by atoms with E-state index >= 15 is 0 Å². The van der Waals surface area contributed by atoms with E-state index in [4.69, 9.17) is 28.9 Å². The van der Waals surface area contributed by atoms with Crippen molar-refractivity contribution in [1.29, 1.82) is 0 Å². The molecule has 0 saturated carbocycles. The van der Waals surface area contributed by atoms with E-state index in [1.54, 1.807) is 0 Å². The third-order valence-electron chi connectivity index (χ3n) is 1.43. The average Bonchev–Trinajstić information content (AvgIpc) is 2.13. The molecule has 0 fully saturated rings. The number of benzene rings is 1. The second-order valence-electron chi connectivity index (χ2n) is 2.57. The van der Waals surface area contributed by atoms with E-state index in [0.717, 1.165) is 0 Å². The van der Waals surface area contributed by atoms with E-state index in [0.29, 0.717) is 5.56 Å². The van der Waals surface area contributed by atoms with Crippen LogP contribution in [-0.4, -0.2) is 16.4 Å². The fourth-order valence-corrected chi connectivity index (χ4v) is 1.39. The molecule has 0 aromatic heterocycles. The molecule has 0 bridgehead atoms. The minimum absolute atomic E-state index is 0.0576. The topological polar surface area (TPSA) is 70.6 Å². The summed E-state index contributed by atoms with van der Waals surface area (Å²) in [7, 11) is 0. The molecule has 0 aliphatic carbocycles. The Hall–Kier alpha value is -1.04. The van der Waals surface area contributed by atoms with Gasteiger partial charge in [0.05, 0.1) is 16.3 Å². The maximum Gasteiger partial charge on any atom is 0.184 e. The molecule has 1 aromatic carbocycles. The first-order valence-corrected chi connectivity index (χ1v) is 4.93. The van der Waals surface area contributed by atoms with Crippen molar-refractivity contribution in [2.75, 3.05) is 0 Å². The van der Waals surface area contributed by atoms with Crippen molar-refractivity contribution in [1.82, 2.24) is 5.43 Å². The van der Waals surface area contributed by atoms with Crippen LogP contribution in [-0.2, 0) is 0 Å². The summed E-state index contributed by atoms with van der Waals surface area (Å²) in [4.78, 5) is 0. The molecule has 0 atom stereocenters. The Morgan fingerprint density at radius 1 is 1.47 bits per heavy atom. The number of nitrogens with one attached hydrogen (secondary N) is 1. The Kier molecular flexibility index (Phi) is 4.14. The minimum Gasteiger partial charge on any atom is -0.505 e. The number of halogens is 2. The number of thiocarbonyl (C=S) groups is 1. The van der Waals surface area contributed by atoms with Gasteiger partial charge in [0.15, 0.2) is 10.9 Å². The summed E-state index contributed by atoms with van der Waals surface area (Å²) in [6.07, 6.45) is 1.43. The maximum absolute atomic E-state index is 9.28. The molecule has 4 N–H and O–H groups in total. The Labute approximate surface area is 102 Å². The molecule has 0 amide bonds. The predicted molar refractivity (Wildman–Crippen MR) is 65.6 cm³/mol. The SMILES string of the molecule is NC(=S)N/N=C/c1cc(Cl)c(O)c(Cl)c1. The highest BCUT2D eigenvalue weighted by molar-refractivity contribution is 7.80. The molecule has 1 rings (SSSR count). The Balaban J connectivity index is 2.87. The predicted octanol–water partition coefficient (Wildman–Crippen LogP) is 1.87. The number of hydrogen-bond donors (Lipinski definition) is 3. The molecule has 0 radical (unpaired) electrons. The molecule has 0 heterocycles. The Bertz CT molecular complexity index is 399. The lowest BCUT2D eigenvalue weighted by molar-refractivity contribution is 0.476. The van der Waals surface area contributed by atoms with Gasteiger partial charge in [-0.05, 0) is 29.9 Å². The molecule has 0 saturated heterocycles. The van der Waals surface area contributed by atoms with Gasteiger partial charge in [0.25, 0.3) is 0 Å². The molecule has 80 valence electrons. The summed E-state index contributed by atoms with van der Waals surface area (Å²) in [5, 5.41) is 13.4. The number of aromatic hydroxyl groups is 1. The van der Waals surface area contributed by atoms with Crippen LogP contribution in [0.1, 0.15) is 5.56 Å². The number of hydrazone groups is 1. The summed E-state index contributed by atoms with van der Waals surface area (Å²) in [5.74, 6) is -0.155. The van der Waals surface area contributed by atoms with Crippen molar-refractivity contribution in [2.45, 2.75) is 0 Å². The Morgan fingerprint density at radius 2 is 2.00 bits per heavy atom. The van der Waals surface area contributed by atoms with E-state index in [1.165, 1.54) is 18.3 Å². The van der Waals surface area contributed by atoms with Crippen LogP contribution >= 0.6 is 35.4 Å². The molecule has 0 spiro atoms. The molecule has 15 heavy (non-hydrogen) atoms. The van der Waals surface area contributed by atoms with Gasteiger partial charge in [0, 0.05) is 0 Å². The number of rotatable bonds is 2. The number of hydrogen-bond acceptors (Lipinski definition) is 3. The lowest BCUT2D eigenvalue weighted by Crippen LogP contribution is -2.23. The van der Waals surface area contributed by atoms with Gasteiger partial charge in [-0.15, -0.1) is 0 Å². The molecular weight excluding hydrogens is 257 g/mol. The van der Waals surface area contributed by atoms with Crippen LogP contribution in [0, 0.1) is 0 Å². The highest BCUT2D eigenvalue weighted by atomic mass is 35.5. The van der Waals surface area contributed by atoms with Gasteiger partial charge in [0.1, 0.15) is 0 Å². The van der Waals surface area contributed by atoms with Gasteiger partial charge in [-0.1, -0.05) is 23.2 Å². The zero-order valence-electron chi connectivity index (χ0n) is 7.37. The van der Waals surface area contributed by atoms with E-state index in [1.807, 2.05) is 0 Å². The Morgan fingerprint density at radius 3 is 2.47 bits per heavy atom. The van der Waals surface area contributed by atoms with Gasteiger partial charge in [-0.25, -0.2) is 0 Å².